The van der Waals surface area contributed by atoms with Gasteiger partial charge < -0.3 is 4.90 Å². The second kappa shape index (κ2) is 7.07. The second-order valence-corrected chi connectivity index (χ2v) is 6.06. The molecule has 1 atom stereocenters. The third-order valence-corrected chi connectivity index (χ3v) is 4.16. The summed E-state index contributed by atoms with van der Waals surface area (Å²) in [5.41, 5.74) is 2.37. The highest BCUT2D eigenvalue weighted by Crippen LogP contribution is 2.09. The molecule has 0 unspecified atom stereocenters. The van der Waals surface area contributed by atoms with Crippen molar-refractivity contribution in [2.75, 3.05) is 26.4 Å². The molecule has 0 saturated carbocycles. The van der Waals surface area contributed by atoms with Gasteiger partial charge in [0.2, 0.25) is 0 Å². The van der Waals surface area contributed by atoms with Crippen molar-refractivity contribution in [2.24, 2.45) is 0 Å². The first-order valence-electron chi connectivity index (χ1n) is 6.25. The van der Waals surface area contributed by atoms with Crippen molar-refractivity contribution in [3.63, 3.8) is 0 Å². The molecule has 0 fully saturated rings. The van der Waals surface area contributed by atoms with E-state index in [1.807, 2.05) is 18.7 Å². The van der Waals surface area contributed by atoms with E-state index in [-0.39, 0.29) is 0 Å². The Morgan fingerprint density at radius 2 is 2.12 bits per heavy atom. The fraction of sp³-hybridized carbons (Fsp3) is 0.769. The summed E-state index contributed by atoms with van der Waals surface area (Å²) in [7, 11) is 2.19. The van der Waals surface area contributed by atoms with E-state index in [2.05, 4.69) is 47.9 Å². The molecule has 1 aromatic heterocycles. The maximum Gasteiger partial charge on any atom is 0.0596 e. The highest BCUT2D eigenvalue weighted by molar-refractivity contribution is 7.99. The van der Waals surface area contributed by atoms with Crippen molar-refractivity contribution in [1.29, 1.82) is 0 Å². The first-order valence-corrected chi connectivity index (χ1v) is 7.54. The molecule has 0 aliphatic rings. The van der Waals surface area contributed by atoms with Gasteiger partial charge in [-0.1, -0.05) is 6.92 Å². The number of rotatable bonds is 7. The number of nitrogens with zero attached hydrogens (tertiary/aromatic N) is 3. The van der Waals surface area contributed by atoms with Crippen molar-refractivity contribution < 1.29 is 0 Å². The van der Waals surface area contributed by atoms with Crippen LogP contribution in [-0.4, -0.2) is 46.3 Å². The monoisotopic (exact) mass is 255 g/mol. The van der Waals surface area contributed by atoms with Crippen LogP contribution >= 0.6 is 11.8 Å². The average molecular weight is 255 g/mol. The minimum absolute atomic E-state index is 0.756. The highest BCUT2D eigenvalue weighted by Gasteiger charge is 2.05. The molecular formula is C13H25N3S. The predicted molar refractivity (Wildman–Crippen MR) is 76.8 cm³/mol. The third-order valence-electron chi connectivity index (χ3n) is 3.12. The quantitative estimate of drug-likeness (QED) is 0.747. The molecule has 0 radical (unpaired) electrons. The maximum atomic E-state index is 4.48. The fourth-order valence-electron chi connectivity index (χ4n) is 1.80. The molecule has 0 saturated heterocycles. The van der Waals surface area contributed by atoms with E-state index in [4.69, 9.17) is 0 Å². The van der Waals surface area contributed by atoms with Crippen LogP contribution in [0.15, 0.2) is 6.07 Å². The van der Waals surface area contributed by atoms with Crippen LogP contribution in [0.5, 0.6) is 0 Å². The zero-order valence-electron chi connectivity index (χ0n) is 11.7. The van der Waals surface area contributed by atoms with Crippen LogP contribution in [0.4, 0.5) is 0 Å². The maximum absolute atomic E-state index is 4.48. The Bertz CT molecular complexity index is 335. The molecule has 0 aliphatic carbocycles. The molecule has 17 heavy (non-hydrogen) atoms. The Morgan fingerprint density at radius 3 is 2.65 bits per heavy atom. The molecule has 4 heteroatoms. The van der Waals surface area contributed by atoms with E-state index >= 15 is 0 Å². The van der Waals surface area contributed by atoms with Gasteiger partial charge in [0, 0.05) is 17.5 Å². The summed E-state index contributed by atoms with van der Waals surface area (Å²) in [6, 6.07) is 2.13. The van der Waals surface area contributed by atoms with Crippen LogP contribution in [0.3, 0.4) is 0 Å². The molecule has 0 spiro atoms. The van der Waals surface area contributed by atoms with Crippen LogP contribution < -0.4 is 0 Å². The van der Waals surface area contributed by atoms with E-state index in [9.17, 15) is 0 Å². The molecular weight excluding hydrogens is 230 g/mol. The summed E-state index contributed by atoms with van der Waals surface area (Å²) in [6.07, 6.45) is 3.44. The van der Waals surface area contributed by atoms with Gasteiger partial charge in [-0.05, 0) is 46.2 Å². The van der Waals surface area contributed by atoms with Gasteiger partial charge in [0.05, 0.1) is 12.2 Å². The van der Waals surface area contributed by atoms with E-state index in [1.54, 1.807) is 0 Å². The minimum atomic E-state index is 0.756. The van der Waals surface area contributed by atoms with Gasteiger partial charge in [-0.25, -0.2) is 0 Å². The van der Waals surface area contributed by atoms with E-state index in [0.717, 1.165) is 24.0 Å². The van der Waals surface area contributed by atoms with Crippen molar-refractivity contribution in [3.05, 3.63) is 17.5 Å². The predicted octanol–water partition coefficient (Wildman–Crippen LogP) is 2.57. The van der Waals surface area contributed by atoms with Gasteiger partial charge in [0.25, 0.3) is 0 Å². The van der Waals surface area contributed by atoms with E-state index in [1.165, 1.54) is 18.7 Å². The van der Waals surface area contributed by atoms with Crippen molar-refractivity contribution in [3.8, 4) is 0 Å². The van der Waals surface area contributed by atoms with Crippen LogP contribution in [0.25, 0.3) is 0 Å². The lowest BCUT2D eigenvalue weighted by Gasteiger charge is -2.18. The van der Waals surface area contributed by atoms with Crippen LogP contribution in [-0.2, 0) is 6.54 Å². The topological polar surface area (TPSA) is 21.1 Å². The summed E-state index contributed by atoms with van der Waals surface area (Å²) in [5.74, 6) is 0. The summed E-state index contributed by atoms with van der Waals surface area (Å²) >= 11 is 1.94. The molecule has 0 amide bonds. The second-order valence-electron chi connectivity index (χ2n) is 4.79. The lowest BCUT2D eigenvalue weighted by atomic mass is 10.3. The van der Waals surface area contributed by atoms with E-state index in [0.29, 0.717) is 0 Å². The zero-order chi connectivity index (χ0) is 12.8. The average Bonchev–Trinajstić information content (AvgIpc) is 2.62. The molecule has 0 bridgehead atoms. The number of aromatic nitrogens is 2. The van der Waals surface area contributed by atoms with Crippen LogP contribution in [0.2, 0.25) is 0 Å². The Labute approximate surface area is 110 Å². The molecule has 1 heterocycles. The fourth-order valence-corrected chi connectivity index (χ4v) is 2.14. The Kier molecular flexibility index (Phi) is 6.06. The molecule has 0 N–H and O–H groups in total. The number of aryl methyl sites for hydroxylation is 2. The summed E-state index contributed by atoms with van der Waals surface area (Å²) < 4.78 is 2.10. The van der Waals surface area contributed by atoms with Crippen LogP contribution in [0.1, 0.15) is 24.7 Å². The SMILES string of the molecule is CS[C@@H](C)CCN(C)CCn1nc(C)cc1C. The molecule has 98 valence electrons. The van der Waals surface area contributed by atoms with Gasteiger partial charge >= 0.3 is 0 Å². The molecule has 3 nitrogen and oxygen atoms in total. The number of likely N-dealkylation sites (N-methyl/N-ethyl adjacent to an activating group) is 1. The molecule has 1 rings (SSSR count). The largest absolute Gasteiger partial charge is 0.304 e. The normalized spacial score (nSPS) is 13.3. The van der Waals surface area contributed by atoms with Crippen LogP contribution in [0, 0.1) is 13.8 Å². The van der Waals surface area contributed by atoms with Crippen molar-refractivity contribution in [1.82, 2.24) is 14.7 Å². The molecule has 1 aromatic rings. The van der Waals surface area contributed by atoms with Gasteiger partial charge in [-0.15, -0.1) is 0 Å². The highest BCUT2D eigenvalue weighted by atomic mass is 32.2. The zero-order valence-corrected chi connectivity index (χ0v) is 12.5. The number of thioether (sulfide) groups is 1. The number of hydrogen-bond acceptors (Lipinski definition) is 3. The lowest BCUT2D eigenvalue weighted by Crippen LogP contribution is -2.26. The van der Waals surface area contributed by atoms with Gasteiger partial charge in [0.15, 0.2) is 0 Å². The molecule has 0 aromatic carbocycles. The van der Waals surface area contributed by atoms with Crippen molar-refractivity contribution in [2.45, 2.75) is 39.0 Å². The summed E-state index contributed by atoms with van der Waals surface area (Å²) in [4.78, 5) is 2.39. The standard InChI is InChI=1S/C13H25N3S/c1-11-10-12(2)16(14-11)9-8-15(4)7-6-13(3)17-5/h10,13H,6-9H2,1-5H3/t13-/m0/s1. The number of hydrogen-bond donors (Lipinski definition) is 0. The smallest absolute Gasteiger partial charge is 0.0596 e. The first-order chi connectivity index (χ1) is 8.02. The van der Waals surface area contributed by atoms with Crippen molar-refractivity contribution >= 4 is 11.8 Å². The first kappa shape index (κ1) is 14.6. The van der Waals surface area contributed by atoms with Gasteiger partial charge in [0.1, 0.15) is 0 Å². The van der Waals surface area contributed by atoms with E-state index < -0.39 is 0 Å². The van der Waals surface area contributed by atoms with Gasteiger partial charge in [-0.2, -0.15) is 16.9 Å². The Balaban J connectivity index is 2.28. The minimum Gasteiger partial charge on any atom is -0.304 e. The molecule has 0 aliphatic heterocycles. The lowest BCUT2D eigenvalue weighted by molar-refractivity contribution is 0.307. The van der Waals surface area contributed by atoms with Gasteiger partial charge in [-0.3, -0.25) is 4.68 Å². The third kappa shape index (κ3) is 5.13. The summed E-state index contributed by atoms with van der Waals surface area (Å²) in [6.45, 7) is 9.69. The Morgan fingerprint density at radius 1 is 1.41 bits per heavy atom. The Hall–Kier alpha value is -0.480. The summed E-state index contributed by atoms with van der Waals surface area (Å²) in [5, 5.41) is 5.24.